The molecular formula is C17H12F4N4O3S. The topological polar surface area (TPSA) is 107 Å². The lowest BCUT2D eigenvalue weighted by Crippen LogP contribution is -2.21. The number of hydrogen-bond acceptors (Lipinski definition) is 4. The fourth-order valence-corrected chi connectivity index (χ4v) is 3.07. The summed E-state index contributed by atoms with van der Waals surface area (Å²) in [5.74, 6) is -1.82. The molecule has 7 nitrogen and oxygen atoms in total. The Kier molecular flexibility index (Phi) is 5.15. The van der Waals surface area contributed by atoms with E-state index in [-0.39, 0.29) is 16.3 Å². The summed E-state index contributed by atoms with van der Waals surface area (Å²) in [7, 11) is -4.07. The molecule has 0 fully saturated rings. The summed E-state index contributed by atoms with van der Waals surface area (Å²) in [6.07, 6.45) is -4.24. The fourth-order valence-electron chi connectivity index (χ4n) is 2.51. The molecular weight excluding hydrogens is 416 g/mol. The van der Waals surface area contributed by atoms with Gasteiger partial charge in [0, 0.05) is 5.69 Å². The van der Waals surface area contributed by atoms with E-state index in [9.17, 15) is 30.8 Å². The van der Waals surface area contributed by atoms with Crippen LogP contribution in [-0.2, 0) is 16.2 Å². The van der Waals surface area contributed by atoms with Crippen LogP contribution in [0.3, 0.4) is 0 Å². The number of sulfonamides is 1. The van der Waals surface area contributed by atoms with Gasteiger partial charge in [0.2, 0.25) is 10.0 Å². The molecule has 3 N–H and O–H groups in total. The molecule has 0 saturated heterocycles. The maximum absolute atomic E-state index is 13.6. The highest BCUT2D eigenvalue weighted by atomic mass is 32.2. The van der Waals surface area contributed by atoms with E-state index in [0.29, 0.717) is 10.9 Å². The van der Waals surface area contributed by atoms with Crippen molar-refractivity contribution >= 4 is 21.6 Å². The molecule has 0 unspecified atom stereocenters. The Morgan fingerprint density at radius 2 is 1.76 bits per heavy atom. The van der Waals surface area contributed by atoms with E-state index in [1.165, 1.54) is 18.2 Å². The Morgan fingerprint density at radius 3 is 2.34 bits per heavy atom. The number of nitrogens with two attached hydrogens (primary N) is 1. The summed E-state index contributed by atoms with van der Waals surface area (Å²) in [5.41, 5.74) is -2.36. The van der Waals surface area contributed by atoms with Gasteiger partial charge < -0.3 is 5.32 Å². The second-order valence-electron chi connectivity index (χ2n) is 5.82. The summed E-state index contributed by atoms with van der Waals surface area (Å²) in [6, 6.07) is 8.78. The molecule has 0 aliphatic carbocycles. The average molecular weight is 428 g/mol. The largest absolute Gasteiger partial charge is 0.434 e. The standard InChI is InChI=1S/C17H12F4N4O3S/c18-10-4-6-12(7-5-10)25-15(17(19,20)21)14(9-23-25)16(26)24-11-2-1-3-13(8-11)29(22,27)28/h1-9H,(H,24,26)(H2,22,27,28). The zero-order valence-electron chi connectivity index (χ0n) is 14.3. The number of nitrogens with one attached hydrogen (secondary N) is 1. The number of benzene rings is 2. The number of aromatic nitrogens is 2. The van der Waals surface area contributed by atoms with Crippen molar-refractivity contribution in [1.29, 1.82) is 0 Å². The lowest BCUT2D eigenvalue weighted by Gasteiger charge is -2.13. The van der Waals surface area contributed by atoms with E-state index in [1.54, 1.807) is 0 Å². The van der Waals surface area contributed by atoms with Gasteiger partial charge in [-0.1, -0.05) is 6.07 Å². The van der Waals surface area contributed by atoms with E-state index in [2.05, 4.69) is 10.4 Å². The van der Waals surface area contributed by atoms with Crippen LogP contribution in [0.25, 0.3) is 5.69 Å². The molecule has 29 heavy (non-hydrogen) atoms. The van der Waals surface area contributed by atoms with Crippen LogP contribution in [-0.4, -0.2) is 24.1 Å². The lowest BCUT2D eigenvalue weighted by molar-refractivity contribution is -0.143. The van der Waals surface area contributed by atoms with Gasteiger partial charge in [0.05, 0.1) is 22.3 Å². The monoisotopic (exact) mass is 428 g/mol. The Hall–Kier alpha value is -3.25. The van der Waals surface area contributed by atoms with Crippen LogP contribution in [0, 0.1) is 5.82 Å². The zero-order chi connectivity index (χ0) is 21.4. The van der Waals surface area contributed by atoms with Crippen molar-refractivity contribution in [2.45, 2.75) is 11.1 Å². The fraction of sp³-hybridized carbons (Fsp3) is 0.0588. The molecule has 0 bridgehead atoms. The lowest BCUT2D eigenvalue weighted by atomic mass is 10.2. The van der Waals surface area contributed by atoms with Crippen molar-refractivity contribution in [1.82, 2.24) is 9.78 Å². The van der Waals surface area contributed by atoms with Crippen molar-refractivity contribution in [3.05, 3.63) is 71.8 Å². The summed E-state index contributed by atoms with van der Waals surface area (Å²) in [5, 5.41) is 10.8. The molecule has 1 aromatic heterocycles. The maximum Gasteiger partial charge on any atom is 0.434 e. The Morgan fingerprint density at radius 1 is 1.10 bits per heavy atom. The Bertz CT molecular complexity index is 1170. The Balaban J connectivity index is 2.01. The third-order valence-corrected chi connectivity index (χ3v) is 4.68. The average Bonchev–Trinajstić information content (AvgIpc) is 3.07. The van der Waals surface area contributed by atoms with Crippen molar-refractivity contribution in [2.24, 2.45) is 5.14 Å². The first-order valence-electron chi connectivity index (χ1n) is 7.82. The number of alkyl halides is 3. The quantitative estimate of drug-likeness (QED) is 0.623. The molecule has 0 radical (unpaired) electrons. The van der Waals surface area contributed by atoms with E-state index in [1.807, 2.05) is 0 Å². The molecule has 0 aliphatic rings. The first-order chi connectivity index (χ1) is 13.5. The molecule has 3 rings (SSSR count). The van der Waals surface area contributed by atoms with Gasteiger partial charge in [-0.05, 0) is 42.5 Å². The van der Waals surface area contributed by atoms with Crippen LogP contribution in [0.1, 0.15) is 16.1 Å². The third-order valence-electron chi connectivity index (χ3n) is 3.77. The number of nitrogens with zero attached hydrogens (tertiary/aromatic N) is 2. The van der Waals surface area contributed by atoms with Crippen LogP contribution in [0.15, 0.2) is 59.6 Å². The van der Waals surface area contributed by atoms with Crippen molar-refractivity contribution in [3.63, 3.8) is 0 Å². The molecule has 0 atom stereocenters. The third kappa shape index (κ3) is 4.43. The highest BCUT2D eigenvalue weighted by molar-refractivity contribution is 7.89. The minimum absolute atomic E-state index is 0.0795. The summed E-state index contributed by atoms with van der Waals surface area (Å²) < 4.78 is 77.2. The van der Waals surface area contributed by atoms with Crippen LogP contribution in [0.2, 0.25) is 0 Å². The highest BCUT2D eigenvalue weighted by Crippen LogP contribution is 2.34. The maximum atomic E-state index is 13.6. The number of primary sulfonamides is 1. The van der Waals surface area contributed by atoms with Crippen molar-refractivity contribution in [3.8, 4) is 5.69 Å². The second kappa shape index (κ2) is 7.29. The van der Waals surface area contributed by atoms with Crippen molar-refractivity contribution < 1.29 is 30.8 Å². The highest BCUT2D eigenvalue weighted by Gasteiger charge is 2.40. The molecule has 1 heterocycles. The predicted molar refractivity (Wildman–Crippen MR) is 94.3 cm³/mol. The Labute approximate surface area is 161 Å². The van der Waals surface area contributed by atoms with Crippen LogP contribution in [0.5, 0.6) is 0 Å². The molecule has 0 saturated carbocycles. The summed E-state index contributed by atoms with van der Waals surface area (Å²) in [4.78, 5) is 12.1. The zero-order valence-corrected chi connectivity index (χ0v) is 15.1. The van der Waals surface area contributed by atoms with Crippen LogP contribution in [0.4, 0.5) is 23.2 Å². The number of carbonyl (C=O) groups is 1. The van der Waals surface area contributed by atoms with Gasteiger partial charge in [0.15, 0.2) is 5.69 Å². The summed E-state index contributed by atoms with van der Waals surface area (Å²) >= 11 is 0. The molecule has 0 spiro atoms. The minimum atomic E-state index is -4.96. The summed E-state index contributed by atoms with van der Waals surface area (Å²) in [6.45, 7) is 0. The number of carbonyl (C=O) groups excluding carboxylic acids is 1. The van der Waals surface area contributed by atoms with Gasteiger partial charge in [0.25, 0.3) is 5.91 Å². The van der Waals surface area contributed by atoms with E-state index < -0.39 is 39.2 Å². The van der Waals surface area contributed by atoms with E-state index >= 15 is 0 Å². The van der Waals surface area contributed by atoms with Crippen molar-refractivity contribution in [2.75, 3.05) is 5.32 Å². The second-order valence-corrected chi connectivity index (χ2v) is 7.38. The number of rotatable bonds is 4. The SMILES string of the molecule is NS(=O)(=O)c1cccc(NC(=O)c2cnn(-c3ccc(F)cc3)c2C(F)(F)F)c1. The number of hydrogen-bond donors (Lipinski definition) is 2. The molecule has 152 valence electrons. The number of halogens is 4. The van der Waals surface area contributed by atoms with Gasteiger partial charge in [0.1, 0.15) is 5.82 Å². The molecule has 12 heteroatoms. The molecule has 2 aromatic carbocycles. The van der Waals surface area contributed by atoms with Gasteiger partial charge in [-0.3, -0.25) is 4.79 Å². The minimum Gasteiger partial charge on any atom is -0.322 e. The smallest absolute Gasteiger partial charge is 0.322 e. The van der Waals surface area contributed by atoms with Gasteiger partial charge >= 0.3 is 6.18 Å². The van der Waals surface area contributed by atoms with Gasteiger partial charge in [-0.2, -0.15) is 18.3 Å². The van der Waals surface area contributed by atoms with Gasteiger partial charge in [-0.15, -0.1) is 0 Å². The predicted octanol–water partition coefficient (Wildman–Crippen LogP) is 2.93. The first kappa shape index (κ1) is 20.5. The van der Waals surface area contributed by atoms with Gasteiger partial charge in [-0.25, -0.2) is 22.6 Å². The van der Waals surface area contributed by atoms with Crippen LogP contribution < -0.4 is 10.5 Å². The molecule has 1 amide bonds. The normalized spacial score (nSPS) is 12.0. The number of amides is 1. The first-order valence-corrected chi connectivity index (χ1v) is 9.37. The van der Waals surface area contributed by atoms with E-state index in [0.717, 1.165) is 30.3 Å². The number of anilines is 1. The molecule has 3 aromatic rings. The van der Waals surface area contributed by atoms with E-state index in [4.69, 9.17) is 5.14 Å². The molecule has 0 aliphatic heterocycles. The van der Waals surface area contributed by atoms with Crippen LogP contribution >= 0.6 is 0 Å².